The molecule has 1 fully saturated rings. The number of methoxy groups -OCH3 is 1. The van der Waals surface area contributed by atoms with Gasteiger partial charge in [0, 0.05) is 13.1 Å². The van der Waals surface area contributed by atoms with Crippen molar-refractivity contribution < 1.29 is 19.1 Å². The van der Waals surface area contributed by atoms with Gasteiger partial charge in [0.2, 0.25) is 0 Å². The lowest BCUT2D eigenvalue weighted by Gasteiger charge is -2.17. The van der Waals surface area contributed by atoms with Crippen molar-refractivity contribution in [3.05, 3.63) is 23.4 Å². The van der Waals surface area contributed by atoms with Crippen molar-refractivity contribution in [2.45, 2.75) is 25.9 Å². The van der Waals surface area contributed by atoms with Gasteiger partial charge in [0.1, 0.15) is 11.3 Å². The van der Waals surface area contributed by atoms with Crippen molar-refractivity contribution in [3.8, 4) is 0 Å². The predicted octanol–water partition coefficient (Wildman–Crippen LogP) is 1.01. The van der Waals surface area contributed by atoms with Crippen LogP contribution in [0.4, 0.5) is 0 Å². The number of cyclic esters (lactones) is 1. The molecular formula is C13H17NO4. The van der Waals surface area contributed by atoms with Crippen molar-refractivity contribution in [1.82, 2.24) is 4.90 Å². The molecule has 0 aromatic rings. The molecule has 2 rings (SSSR count). The molecule has 0 saturated carbocycles. The number of allylic oxidation sites excluding steroid dienone is 1. The molecule has 18 heavy (non-hydrogen) atoms. The van der Waals surface area contributed by atoms with Gasteiger partial charge in [-0.3, -0.25) is 0 Å². The first-order valence-corrected chi connectivity index (χ1v) is 6.10. The molecule has 1 unspecified atom stereocenters. The van der Waals surface area contributed by atoms with Crippen LogP contribution < -0.4 is 0 Å². The van der Waals surface area contributed by atoms with Crippen molar-refractivity contribution >= 4 is 11.9 Å². The van der Waals surface area contributed by atoms with Crippen molar-refractivity contribution in [2.24, 2.45) is 0 Å². The van der Waals surface area contributed by atoms with E-state index in [0.717, 1.165) is 25.9 Å². The lowest BCUT2D eigenvalue weighted by molar-refractivity contribution is -0.140. The zero-order chi connectivity index (χ0) is 13.1. The fourth-order valence-electron chi connectivity index (χ4n) is 2.35. The van der Waals surface area contributed by atoms with E-state index >= 15 is 0 Å². The molecule has 5 heteroatoms. The predicted molar refractivity (Wildman–Crippen MR) is 64.5 cm³/mol. The summed E-state index contributed by atoms with van der Waals surface area (Å²) in [5.74, 6) is -0.925. The highest BCUT2D eigenvalue weighted by Crippen LogP contribution is 2.29. The molecule has 98 valence electrons. The molecule has 0 N–H and O–H groups in total. The van der Waals surface area contributed by atoms with Gasteiger partial charge in [0.05, 0.1) is 7.11 Å². The third kappa shape index (κ3) is 2.12. The molecule has 0 aromatic heterocycles. The molecule has 0 aromatic carbocycles. The second kappa shape index (κ2) is 5.25. The number of likely N-dealkylation sites (tertiary alicyclic amines) is 1. The van der Waals surface area contributed by atoms with Gasteiger partial charge < -0.3 is 14.4 Å². The van der Waals surface area contributed by atoms with Crippen LogP contribution in [0.2, 0.25) is 0 Å². The Morgan fingerprint density at radius 3 is 2.67 bits per heavy atom. The maximum absolute atomic E-state index is 11.9. The van der Waals surface area contributed by atoms with E-state index in [4.69, 9.17) is 9.47 Å². The average Bonchev–Trinajstić information content (AvgIpc) is 2.96. The van der Waals surface area contributed by atoms with E-state index in [1.165, 1.54) is 7.11 Å². The van der Waals surface area contributed by atoms with E-state index in [0.29, 0.717) is 11.3 Å². The Hall–Kier alpha value is -1.78. The topological polar surface area (TPSA) is 55.8 Å². The van der Waals surface area contributed by atoms with Crippen LogP contribution in [0.1, 0.15) is 19.8 Å². The van der Waals surface area contributed by atoms with Crippen LogP contribution in [0, 0.1) is 0 Å². The second-order valence-electron chi connectivity index (χ2n) is 4.30. The molecule has 2 aliphatic heterocycles. The van der Waals surface area contributed by atoms with E-state index in [1.807, 2.05) is 11.8 Å². The van der Waals surface area contributed by atoms with Gasteiger partial charge >= 0.3 is 11.9 Å². The fourth-order valence-corrected chi connectivity index (χ4v) is 2.35. The largest absolute Gasteiger partial charge is 0.465 e. The molecule has 2 heterocycles. The number of carbonyl (C=O) groups is 2. The van der Waals surface area contributed by atoms with Gasteiger partial charge in [-0.05, 0) is 25.8 Å². The Balaban J connectivity index is 2.40. The van der Waals surface area contributed by atoms with E-state index < -0.39 is 18.0 Å². The van der Waals surface area contributed by atoms with Gasteiger partial charge in [-0.1, -0.05) is 6.08 Å². The minimum atomic E-state index is -0.620. The minimum Gasteiger partial charge on any atom is -0.465 e. The number of esters is 2. The number of hydrogen-bond acceptors (Lipinski definition) is 5. The number of nitrogens with zero attached hydrogens (tertiary/aromatic N) is 1. The van der Waals surface area contributed by atoms with E-state index in [2.05, 4.69) is 0 Å². The monoisotopic (exact) mass is 251 g/mol. The Bertz CT molecular complexity index is 419. The van der Waals surface area contributed by atoms with Crippen LogP contribution in [-0.4, -0.2) is 43.1 Å². The summed E-state index contributed by atoms with van der Waals surface area (Å²) in [4.78, 5) is 25.7. The molecule has 0 aliphatic carbocycles. The summed E-state index contributed by atoms with van der Waals surface area (Å²) in [6.45, 7) is 3.39. The van der Waals surface area contributed by atoms with Crippen molar-refractivity contribution in [1.29, 1.82) is 0 Å². The third-order valence-corrected chi connectivity index (χ3v) is 3.16. The number of hydrogen-bond donors (Lipinski definition) is 0. The van der Waals surface area contributed by atoms with Crippen LogP contribution in [0.3, 0.4) is 0 Å². The Morgan fingerprint density at radius 2 is 2.11 bits per heavy atom. The first-order valence-electron chi connectivity index (χ1n) is 6.10. The van der Waals surface area contributed by atoms with Crippen molar-refractivity contribution in [2.75, 3.05) is 20.2 Å². The molecule has 5 nitrogen and oxygen atoms in total. The molecule has 0 amide bonds. The van der Waals surface area contributed by atoms with Gasteiger partial charge in [-0.25, -0.2) is 9.59 Å². The zero-order valence-corrected chi connectivity index (χ0v) is 10.6. The quantitative estimate of drug-likeness (QED) is 0.553. The normalized spacial score (nSPS) is 24.0. The molecule has 1 atom stereocenters. The van der Waals surface area contributed by atoms with Crippen LogP contribution in [0.25, 0.3) is 0 Å². The van der Waals surface area contributed by atoms with Gasteiger partial charge in [0.25, 0.3) is 0 Å². The van der Waals surface area contributed by atoms with Gasteiger partial charge in [0.15, 0.2) is 6.10 Å². The summed E-state index contributed by atoms with van der Waals surface area (Å²) in [6.07, 6.45) is 4.88. The summed E-state index contributed by atoms with van der Waals surface area (Å²) in [7, 11) is 1.31. The summed E-state index contributed by atoms with van der Waals surface area (Å²) in [6, 6.07) is 0. The highest BCUT2D eigenvalue weighted by Gasteiger charge is 2.40. The molecule has 2 aliphatic rings. The summed E-state index contributed by atoms with van der Waals surface area (Å²) >= 11 is 0. The highest BCUT2D eigenvalue weighted by molar-refractivity contribution is 6.04. The SMILES string of the molecule is C/C=C/C1OC(=O)C(N2CCCC2)=C1C(=O)OC. The standard InChI is InChI=1S/C13H17NO4/c1-3-6-9-10(12(15)17-2)11(13(16)18-9)14-7-4-5-8-14/h3,6,9H,4-5,7-8H2,1-2H3/b6-3+. The van der Waals surface area contributed by atoms with Gasteiger partial charge in [-0.2, -0.15) is 0 Å². The third-order valence-electron chi connectivity index (χ3n) is 3.16. The Kier molecular flexibility index (Phi) is 3.69. The smallest absolute Gasteiger partial charge is 0.356 e. The number of rotatable bonds is 3. The average molecular weight is 251 g/mol. The molecule has 0 bridgehead atoms. The number of carbonyl (C=O) groups excluding carboxylic acids is 2. The second-order valence-corrected chi connectivity index (χ2v) is 4.30. The van der Waals surface area contributed by atoms with Crippen LogP contribution in [0.15, 0.2) is 23.4 Å². The van der Waals surface area contributed by atoms with Crippen LogP contribution in [-0.2, 0) is 19.1 Å². The first-order chi connectivity index (χ1) is 8.69. The van der Waals surface area contributed by atoms with E-state index in [9.17, 15) is 9.59 Å². The zero-order valence-electron chi connectivity index (χ0n) is 10.6. The lowest BCUT2D eigenvalue weighted by atomic mass is 10.1. The summed E-state index contributed by atoms with van der Waals surface area (Å²) in [5.41, 5.74) is 0.699. The molecule has 0 radical (unpaired) electrons. The Labute approximate surface area is 106 Å². The van der Waals surface area contributed by atoms with E-state index in [1.54, 1.807) is 12.2 Å². The highest BCUT2D eigenvalue weighted by atomic mass is 16.6. The molecule has 1 saturated heterocycles. The Morgan fingerprint density at radius 1 is 1.44 bits per heavy atom. The maximum atomic E-state index is 11.9. The lowest BCUT2D eigenvalue weighted by Crippen LogP contribution is -2.25. The minimum absolute atomic E-state index is 0.322. The fraction of sp³-hybridized carbons (Fsp3) is 0.538. The molecular weight excluding hydrogens is 234 g/mol. The summed E-state index contributed by atoms with van der Waals surface area (Å²) in [5, 5.41) is 0. The molecule has 0 spiro atoms. The van der Waals surface area contributed by atoms with Crippen LogP contribution in [0.5, 0.6) is 0 Å². The first kappa shape index (κ1) is 12.7. The van der Waals surface area contributed by atoms with Crippen molar-refractivity contribution in [3.63, 3.8) is 0 Å². The van der Waals surface area contributed by atoms with Gasteiger partial charge in [-0.15, -0.1) is 0 Å². The number of ether oxygens (including phenoxy) is 2. The van der Waals surface area contributed by atoms with Crippen LogP contribution >= 0.6 is 0 Å². The summed E-state index contributed by atoms with van der Waals surface area (Å²) < 4.78 is 9.98. The maximum Gasteiger partial charge on any atom is 0.356 e. The van der Waals surface area contributed by atoms with E-state index in [-0.39, 0.29) is 0 Å².